The molecule has 3 aromatic rings. The number of amides is 1. The summed E-state index contributed by atoms with van der Waals surface area (Å²) >= 11 is 0. The summed E-state index contributed by atoms with van der Waals surface area (Å²) in [5.41, 5.74) is 5.71. The summed E-state index contributed by atoms with van der Waals surface area (Å²) in [7, 11) is -3.75. The third-order valence-electron chi connectivity index (χ3n) is 6.28. The van der Waals surface area contributed by atoms with E-state index < -0.39 is 10.0 Å². The second-order valence-corrected chi connectivity index (χ2v) is 10.5. The minimum absolute atomic E-state index is 0.00819. The maximum atomic E-state index is 12.8. The molecule has 0 spiro atoms. The van der Waals surface area contributed by atoms with Gasteiger partial charge in [0.1, 0.15) is 5.75 Å². The number of fused-ring (bicyclic) bond motifs is 1. The van der Waals surface area contributed by atoms with Crippen molar-refractivity contribution in [3.8, 4) is 5.75 Å². The van der Waals surface area contributed by atoms with Gasteiger partial charge in [-0.05, 0) is 98.2 Å². The SMILES string of the molecule is Cc1ccc(NS(=O)(=O)c2ccc(OCC(=O)N[C@H]3CCCc4ccccc43)c(C)c2)cc1C. The zero-order valence-electron chi connectivity index (χ0n) is 19.7. The van der Waals surface area contributed by atoms with Crippen LogP contribution in [0.1, 0.15) is 46.7 Å². The summed E-state index contributed by atoms with van der Waals surface area (Å²) in [6.45, 7) is 5.54. The Morgan fingerprint density at radius 2 is 1.76 bits per heavy atom. The Morgan fingerprint density at radius 1 is 0.971 bits per heavy atom. The molecule has 3 aromatic carbocycles. The summed E-state index contributed by atoms with van der Waals surface area (Å²) in [5, 5.41) is 3.07. The van der Waals surface area contributed by atoms with Crippen LogP contribution in [0.4, 0.5) is 5.69 Å². The number of sulfonamides is 1. The normalized spacial score (nSPS) is 15.3. The van der Waals surface area contributed by atoms with Crippen molar-refractivity contribution in [1.29, 1.82) is 0 Å². The third kappa shape index (κ3) is 5.42. The van der Waals surface area contributed by atoms with Crippen LogP contribution >= 0.6 is 0 Å². The molecule has 1 aliphatic rings. The number of carbonyl (C=O) groups excluding carboxylic acids is 1. The number of carbonyl (C=O) groups is 1. The van der Waals surface area contributed by atoms with Crippen LogP contribution in [0.15, 0.2) is 65.6 Å². The fourth-order valence-corrected chi connectivity index (χ4v) is 5.39. The van der Waals surface area contributed by atoms with E-state index in [2.05, 4.69) is 22.2 Å². The molecule has 0 unspecified atom stereocenters. The van der Waals surface area contributed by atoms with Gasteiger partial charge in [-0.1, -0.05) is 30.3 Å². The number of ether oxygens (including phenoxy) is 1. The fraction of sp³-hybridized carbons (Fsp3) is 0.296. The van der Waals surface area contributed by atoms with E-state index in [0.29, 0.717) is 17.0 Å². The average molecular weight is 479 g/mol. The van der Waals surface area contributed by atoms with E-state index in [1.165, 1.54) is 17.2 Å². The van der Waals surface area contributed by atoms with Gasteiger partial charge in [-0.25, -0.2) is 8.42 Å². The van der Waals surface area contributed by atoms with Crippen molar-refractivity contribution in [2.24, 2.45) is 0 Å². The van der Waals surface area contributed by atoms with Crippen molar-refractivity contribution in [1.82, 2.24) is 5.32 Å². The van der Waals surface area contributed by atoms with Crippen LogP contribution in [-0.2, 0) is 21.2 Å². The molecule has 0 aliphatic heterocycles. The first-order valence-corrected chi connectivity index (χ1v) is 12.9. The molecule has 178 valence electrons. The fourth-order valence-electron chi connectivity index (χ4n) is 4.25. The van der Waals surface area contributed by atoms with E-state index in [-0.39, 0.29) is 23.5 Å². The molecule has 0 heterocycles. The first kappa shape index (κ1) is 23.8. The molecule has 0 bridgehead atoms. The van der Waals surface area contributed by atoms with Crippen molar-refractivity contribution in [2.45, 2.75) is 51.0 Å². The smallest absolute Gasteiger partial charge is 0.261 e. The molecule has 1 amide bonds. The van der Waals surface area contributed by atoms with Crippen LogP contribution in [0.3, 0.4) is 0 Å². The highest BCUT2D eigenvalue weighted by atomic mass is 32.2. The molecule has 2 N–H and O–H groups in total. The largest absolute Gasteiger partial charge is 0.484 e. The molecular formula is C27H30N2O4S. The number of benzene rings is 3. The topological polar surface area (TPSA) is 84.5 Å². The molecule has 6 nitrogen and oxygen atoms in total. The molecule has 1 atom stereocenters. The van der Waals surface area contributed by atoms with E-state index in [1.807, 2.05) is 32.0 Å². The first-order valence-electron chi connectivity index (χ1n) is 11.4. The Kier molecular flexibility index (Phi) is 6.93. The van der Waals surface area contributed by atoms with Gasteiger partial charge in [0.05, 0.1) is 10.9 Å². The maximum Gasteiger partial charge on any atom is 0.261 e. The molecule has 0 aromatic heterocycles. The van der Waals surface area contributed by atoms with Gasteiger partial charge in [-0.15, -0.1) is 0 Å². The van der Waals surface area contributed by atoms with Crippen LogP contribution in [0, 0.1) is 20.8 Å². The van der Waals surface area contributed by atoms with E-state index in [4.69, 9.17) is 4.74 Å². The van der Waals surface area contributed by atoms with Crippen LogP contribution < -0.4 is 14.8 Å². The van der Waals surface area contributed by atoms with Crippen molar-refractivity contribution in [2.75, 3.05) is 11.3 Å². The molecule has 0 radical (unpaired) electrons. The van der Waals surface area contributed by atoms with E-state index >= 15 is 0 Å². The zero-order valence-corrected chi connectivity index (χ0v) is 20.5. The van der Waals surface area contributed by atoms with Gasteiger partial charge in [-0.2, -0.15) is 0 Å². The molecule has 0 fully saturated rings. The lowest BCUT2D eigenvalue weighted by Crippen LogP contribution is -2.34. The Balaban J connectivity index is 1.38. The van der Waals surface area contributed by atoms with Crippen molar-refractivity contribution >= 4 is 21.6 Å². The van der Waals surface area contributed by atoms with E-state index in [9.17, 15) is 13.2 Å². The lowest BCUT2D eigenvalue weighted by atomic mass is 9.88. The predicted octanol–water partition coefficient (Wildman–Crippen LogP) is 4.99. The molecule has 7 heteroatoms. The Hall–Kier alpha value is -3.32. The highest BCUT2D eigenvalue weighted by Crippen LogP contribution is 2.29. The molecule has 34 heavy (non-hydrogen) atoms. The molecule has 4 rings (SSSR count). The van der Waals surface area contributed by atoms with Gasteiger partial charge in [0.15, 0.2) is 6.61 Å². The average Bonchev–Trinajstić information content (AvgIpc) is 2.81. The summed E-state index contributed by atoms with van der Waals surface area (Å²) in [6, 6.07) is 18.2. The van der Waals surface area contributed by atoms with Crippen LogP contribution in [0.5, 0.6) is 5.75 Å². The highest BCUT2D eigenvalue weighted by Gasteiger charge is 2.22. The van der Waals surface area contributed by atoms with Crippen LogP contribution in [0.25, 0.3) is 0 Å². The van der Waals surface area contributed by atoms with Crippen molar-refractivity contribution in [3.05, 3.63) is 88.5 Å². The first-order chi connectivity index (χ1) is 16.2. The lowest BCUT2D eigenvalue weighted by molar-refractivity contribution is -0.124. The van der Waals surface area contributed by atoms with Crippen LogP contribution in [-0.4, -0.2) is 20.9 Å². The number of hydrogen-bond donors (Lipinski definition) is 2. The number of nitrogens with one attached hydrogen (secondary N) is 2. The lowest BCUT2D eigenvalue weighted by Gasteiger charge is -2.26. The number of rotatable bonds is 7. The van der Waals surface area contributed by atoms with Gasteiger partial charge in [0.25, 0.3) is 15.9 Å². The summed E-state index contributed by atoms with van der Waals surface area (Å²) < 4.78 is 34.0. The number of hydrogen-bond acceptors (Lipinski definition) is 4. The van der Waals surface area contributed by atoms with Crippen molar-refractivity contribution < 1.29 is 17.9 Å². The minimum Gasteiger partial charge on any atom is -0.484 e. The zero-order chi connectivity index (χ0) is 24.3. The Bertz CT molecular complexity index is 1320. The quantitative estimate of drug-likeness (QED) is 0.501. The van der Waals surface area contributed by atoms with Gasteiger partial charge < -0.3 is 10.1 Å². The number of aryl methyl sites for hydroxylation is 4. The second kappa shape index (κ2) is 9.89. The molecule has 0 saturated carbocycles. The van der Waals surface area contributed by atoms with Gasteiger partial charge in [0.2, 0.25) is 0 Å². The molecule has 0 saturated heterocycles. The summed E-state index contributed by atoms with van der Waals surface area (Å²) in [5.74, 6) is 0.276. The van der Waals surface area contributed by atoms with E-state index in [1.54, 1.807) is 31.2 Å². The molecule has 1 aliphatic carbocycles. The Morgan fingerprint density at radius 3 is 2.53 bits per heavy atom. The van der Waals surface area contributed by atoms with Crippen LogP contribution in [0.2, 0.25) is 0 Å². The highest BCUT2D eigenvalue weighted by molar-refractivity contribution is 7.92. The third-order valence-corrected chi connectivity index (χ3v) is 7.66. The molecular weight excluding hydrogens is 448 g/mol. The summed E-state index contributed by atoms with van der Waals surface area (Å²) in [6.07, 6.45) is 2.97. The second-order valence-electron chi connectivity index (χ2n) is 8.83. The van der Waals surface area contributed by atoms with Gasteiger partial charge in [0, 0.05) is 5.69 Å². The standard InChI is InChI=1S/C27H30N2O4S/c1-18-11-12-22(15-19(18)2)29-34(31,32)23-13-14-26(20(3)16-23)33-17-27(30)28-25-10-6-8-21-7-4-5-9-24(21)25/h4-5,7,9,11-16,25,29H,6,8,10,17H2,1-3H3,(H,28,30)/t25-/m0/s1. The monoisotopic (exact) mass is 478 g/mol. The van der Waals surface area contributed by atoms with Gasteiger partial charge in [-0.3, -0.25) is 9.52 Å². The van der Waals surface area contributed by atoms with E-state index in [0.717, 1.165) is 30.4 Å². The predicted molar refractivity (Wildman–Crippen MR) is 134 cm³/mol. The minimum atomic E-state index is -3.75. The summed E-state index contributed by atoms with van der Waals surface area (Å²) in [4.78, 5) is 12.7. The Labute approximate surface area is 201 Å². The van der Waals surface area contributed by atoms with Gasteiger partial charge >= 0.3 is 0 Å². The maximum absolute atomic E-state index is 12.8. The number of anilines is 1. The van der Waals surface area contributed by atoms with Crippen molar-refractivity contribution in [3.63, 3.8) is 0 Å².